The summed E-state index contributed by atoms with van der Waals surface area (Å²) in [4.78, 5) is 24.7. The van der Waals surface area contributed by atoms with E-state index in [0.717, 1.165) is 10.9 Å². The highest BCUT2D eigenvalue weighted by Gasteiger charge is 2.31. The molecule has 0 unspecified atom stereocenters. The van der Waals surface area contributed by atoms with Crippen molar-refractivity contribution in [2.45, 2.75) is 30.5 Å². The quantitative estimate of drug-likeness (QED) is 0.471. The number of aliphatic hydroxyl groups excluding tert-OH is 1. The molecule has 0 bridgehead atoms. The molecule has 0 spiro atoms. The van der Waals surface area contributed by atoms with Gasteiger partial charge in [-0.1, -0.05) is 29.3 Å². The van der Waals surface area contributed by atoms with Crippen LogP contribution in [0.25, 0.3) is 0 Å². The summed E-state index contributed by atoms with van der Waals surface area (Å²) in [6.07, 6.45) is -1.42. The number of rotatable bonds is 9. The lowest BCUT2D eigenvalue weighted by atomic mass is 10.2. The number of carbonyl (C=O) groups excluding carboxylic acids is 2. The summed E-state index contributed by atoms with van der Waals surface area (Å²) in [6, 6.07) is 5.62. The van der Waals surface area contributed by atoms with Gasteiger partial charge in [0.15, 0.2) is 6.61 Å². The maximum absolute atomic E-state index is 12.5. The Morgan fingerprint density at radius 2 is 1.97 bits per heavy atom. The molecule has 12 heteroatoms. The lowest BCUT2D eigenvalue weighted by Gasteiger charge is -2.20. The Kier molecular flexibility index (Phi) is 8.44. The van der Waals surface area contributed by atoms with Gasteiger partial charge in [0.05, 0.1) is 27.6 Å². The molecule has 2 aromatic rings. The van der Waals surface area contributed by atoms with Crippen molar-refractivity contribution in [1.82, 2.24) is 10.0 Å². The number of ether oxygens (including phenoxy) is 1. The zero-order valence-electron chi connectivity index (χ0n) is 15.1. The minimum atomic E-state index is -4.22. The Hall–Kier alpha value is -1.69. The second-order valence-electron chi connectivity index (χ2n) is 5.88. The van der Waals surface area contributed by atoms with Gasteiger partial charge in [0.1, 0.15) is 6.04 Å². The molecule has 3 N–H and O–H groups in total. The van der Waals surface area contributed by atoms with E-state index in [1.54, 1.807) is 0 Å². The zero-order chi connectivity index (χ0) is 21.6. The molecule has 0 aliphatic heterocycles. The van der Waals surface area contributed by atoms with Crippen molar-refractivity contribution in [3.05, 3.63) is 50.6 Å². The fourth-order valence-corrected chi connectivity index (χ4v) is 4.39. The minimum Gasteiger partial charge on any atom is -0.454 e. The number of hydrogen-bond donors (Lipinski definition) is 3. The van der Waals surface area contributed by atoms with Crippen molar-refractivity contribution in [3.63, 3.8) is 0 Å². The predicted molar refractivity (Wildman–Crippen MR) is 109 cm³/mol. The van der Waals surface area contributed by atoms with Gasteiger partial charge in [0.2, 0.25) is 10.0 Å². The van der Waals surface area contributed by atoms with E-state index in [9.17, 15) is 23.1 Å². The van der Waals surface area contributed by atoms with E-state index in [-0.39, 0.29) is 21.5 Å². The predicted octanol–water partition coefficient (Wildman–Crippen LogP) is 1.94. The molecule has 0 aliphatic carbocycles. The number of aliphatic hydroxyl groups is 1. The van der Waals surface area contributed by atoms with Crippen molar-refractivity contribution in [2.24, 2.45) is 0 Å². The van der Waals surface area contributed by atoms with Crippen molar-refractivity contribution < 1.29 is 27.9 Å². The second kappa shape index (κ2) is 10.4. The molecule has 2 rings (SSSR count). The lowest BCUT2D eigenvalue weighted by molar-refractivity contribution is -0.152. The Labute approximate surface area is 181 Å². The molecule has 0 fully saturated rings. The summed E-state index contributed by atoms with van der Waals surface area (Å²) in [6.45, 7) is 0.861. The second-order valence-corrected chi connectivity index (χ2v) is 9.44. The van der Waals surface area contributed by atoms with Gasteiger partial charge >= 0.3 is 5.97 Å². The zero-order valence-corrected chi connectivity index (χ0v) is 18.2. The monoisotopic (exact) mass is 480 g/mol. The van der Waals surface area contributed by atoms with Crippen LogP contribution in [0, 0.1) is 0 Å². The average molecular weight is 481 g/mol. The summed E-state index contributed by atoms with van der Waals surface area (Å²) in [5.74, 6) is -1.67. The molecule has 0 radical (unpaired) electrons. The molecular weight excluding hydrogens is 463 g/mol. The first-order chi connectivity index (χ1) is 13.6. The molecule has 1 aromatic carbocycles. The van der Waals surface area contributed by atoms with E-state index in [0.29, 0.717) is 0 Å². The first kappa shape index (κ1) is 23.6. The van der Waals surface area contributed by atoms with E-state index >= 15 is 0 Å². The topological polar surface area (TPSA) is 122 Å². The number of sulfonamides is 1. The largest absolute Gasteiger partial charge is 0.454 e. The number of esters is 1. The van der Waals surface area contributed by atoms with Crippen LogP contribution in [0.2, 0.25) is 10.0 Å². The summed E-state index contributed by atoms with van der Waals surface area (Å²) in [5, 5.41) is 14.4. The fraction of sp³-hybridized carbons (Fsp3) is 0.294. The van der Waals surface area contributed by atoms with Gasteiger partial charge in [0, 0.05) is 4.88 Å². The highest BCUT2D eigenvalue weighted by Crippen LogP contribution is 2.25. The van der Waals surface area contributed by atoms with Crippen LogP contribution < -0.4 is 10.0 Å². The summed E-state index contributed by atoms with van der Waals surface area (Å²) in [7, 11) is -4.22. The Bertz CT molecular complexity index is 964. The third-order valence-corrected chi connectivity index (χ3v) is 6.66. The van der Waals surface area contributed by atoms with E-state index < -0.39 is 40.7 Å². The smallest absolute Gasteiger partial charge is 0.327 e. The highest BCUT2D eigenvalue weighted by molar-refractivity contribution is 7.89. The van der Waals surface area contributed by atoms with Gasteiger partial charge in [0.25, 0.3) is 5.91 Å². The fourth-order valence-electron chi connectivity index (χ4n) is 2.10. The van der Waals surface area contributed by atoms with E-state index in [1.165, 1.54) is 30.4 Å². The van der Waals surface area contributed by atoms with Crippen LogP contribution in [0.1, 0.15) is 11.8 Å². The molecule has 1 amide bonds. The SMILES string of the molecule is C[C@H](O)[C@@H](NS(=O)(=O)c1ccc(Cl)c(Cl)c1)C(=O)OCC(=O)NCc1cccs1. The number of halogens is 2. The van der Waals surface area contributed by atoms with Crippen LogP contribution in [0.3, 0.4) is 0 Å². The van der Waals surface area contributed by atoms with Crippen LogP contribution >= 0.6 is 34.5 Å². The average Bonchev–Trinajstić information content (AvgIpc) is 3.18. The molecule has 8 nitrogen and oxygen atoms in total. The van der Waals surface area contributed by atoms with Crippen molar-refractivity contribution in [3.8, 4) is 0 Å². The number of nitrogens with one attached hydrogen (secondary N) is 2. The highest BCUT2D eigenvalue weighted by atomic mass is 35.5. The van der Waals surface area contributed by atoms with Gasteiger partial charge in [-0.25, -0.2) is 8.42 Å². The van der Waals surface area contributed by atoms with Crippen LogP contribution in [0.4, 0.5) is 0 Å². The Balaban J connectivity index is 1.97. The third-order valence-electron chi connectivity index (χ3n) is 3.61. The van der Waals surface area contributed by atoms with Gasteiger partial charge in [-0.15, -0.1) is 11.3 Å². The number of hydrogen-bond acceptors (Lipinski definition) is 7. The summed E-state index contributed by atoms with van der Waals surface area (Å²) < 4.78 is 31.8. The third kappa shape index (κ3) is 6.95. The maximum Gasteiger partial charge on any atom is 0.327 e. The number of carbonyl (C=O) groups is 2. The van der Waals surface area contributed by atoms with Gasteiger partial charge in [-0.05, 0) is 36.6 Å². The number of benzene rings is 1. The molecule has 158 valence electrons. The van der Waals surface area contributed by atoms with Crippen molar-refractivity contribution in [1.29, 1.82) is 0 Å². The van der Waals surface area contributed by atoms with Gasteiger partial charge < -0.3 is 15.2 Å². The number of amides is 1. The normalized spacial score (nSPS) is 13.5. The molecule has 2 atom stereocenters. The van der Waals surface area contributed by atoms with E-state index in [2.05, 4.69) is 5.32 Å². The van der Waals surface area contributed by atoms with Crippen LogP contribution in [0.5, 0.6) is 0 Å². The van der Waals surface area contributed by atoms with E-state index in [4.69, 9.17) is 27.9 Å². The molecule has 1 aromatic heterocycles. The maximum atomic E-state index is 12.5. The van der Waals surface area contributed by atoms with Crippen LogP contribution in [0.15, 0.2) is 40.6 Å². The first-order valence-corrected chi connectivity index (χ1v) is 11.3. The molecule has 0 aliphatic rings. The standard InChI is InChI=1S/C17H18Cl2N2O6S2/c1-10(22)16(21-29(25,26)12-4-5-13(18)14(19)7-12)17(24)27-9-15(23)20-8-11-3-2-6-28-11/h2-7,10,16,21-22H,8-9H2,1H3,(H,20,23)/t10-,16+/m0/s1. The summed E-state index contributed by atoms with van der Waals surface area (Å²) >= 11 is 13.0. The Morgan fingerprint density at radius 3 is 2.55 bits per heavy atom. The van der Waals surface area contributed by atoms with Gasteiger partial charge in [-0.3, -0.25) is 9.59 Å². The van der Waals surface area contributed by atoms with Crippen molar-refractivity contribution >= 4 is 56.4 Å². The first-order valence-electron chi connectivity index (χ1n) is 8.21. The number of thiophene rings is 1. The molecule has 0 saturated heterocycles. The van der Waals surface area contributed by atoms with Crippen LogP contribution in [-0.2, 0) is 30.9 Å². The van der Waals surface area contributed by atoms with Crippen molar-refractivity contribution in [2.75, 3.05) is 6.61 Å². The molecular formula is C17H18Cl2N2O6S2. The molecule has 29 heavy (non-hydrogen) atoms. The lowest BCUT2D eigenvalue weighted by Crippen LogP contribution is -2.49. The molecule has 1 heterocycles. The minimum absolute atomic E-state index is 0.00752. The van der Waals surface area contributed by atoms with Gasteiger partial charge in [-0.2, -0.15) is 4.72 Å². The van der Waals surface area contributed by atoms with E-state index in [1.807, 2.05) is 22.2 Å². The summed E-state index contributed by atoms with van der Waals surface area (Å²) in [5.41, 5.74) is 0. The Morgan fingerprint density at radius 1 is 1.24 bits per heavy atom. The molecule has 0 saturated carbocycles. The van der Waals surface area contributed by atoms with Crippen LogP contribution in [-0.4, -0.2) is 44.2 Å².